The van der Waals surface area contributed by atoms with Gasteiger partial charge in [-0.3, -0.25) is 9.59 Å². The monoisotopic (exact) mass is 408 g/mol. The molecule has 6 nitrogen and oxygen atoms in total. The lowest BCUT2D eigenvalue weighted by Crippen LogP contribution is -2.23. The molecule has 1 unspecified atom stereocenters. The number of carbonyl (C=O) groups is 2. The number of carbonyl (C=O) groups excluding carboxylic acids is 2. The Balaban J connectivity index is 1.61. The summed E-state index contributed by atoms with van der Waals surface area (Å²) in [7, 11) is 0. The van der Waals surface area contributed by atoms with Crippen LogP contribution >= 0.6 is 11.6 Å². The van der Waals surface area contributed by atoms with Crippen LogP contribution in [0.4, 0.5) is 11.5 Å². The number of anilines is 2. The quantitative estimate of drug-likeness (QED) is 0.648. The second-order valence-corrected chi connectivity index (χ2v) is 7.54. The van der Waals surface area contributed by atoms with E-state index >= 15 is 0 Å². The third-order valence-electron chi connectivity index (χ3n) is 4.98. The fourth-order valence-corrected chi connectivity index (χ4v) is 3.73. The van der Waals surface area contributed by atoms with Crippen molar-refractivity contribution in [2.45, 2.75) is 32.7 Å². The summed E-state index contributed by atoms with van der Waals surface area (Å²) in [6, 6.07) is 14.3. The fraction of sp³-hybridized carbons (Fsp3) is 0.227. The Morgan fingerprint density at radius 1 is 1.24 bits per heavy atom. The van der Waals surface area contributed by atoms with Crippen LogP contribution in [0.2, 0.25) is 5.02 Å². The van der Waals surface area contributed by atoms with Gasteiger partial charge < -0.3 is 10.6 Å². The van der Waals surface area contributed by atoms with Crippen LogP contribution in [0.25, 0.3) is 11.1 Å². The summed E-state index contributed by atoms with van der Waals surface area (Å²) >= 11 is 6.15. The van der Waals surface area contributed by atoms with Crippen molar-refractivity contribution in [3.8, 4) is 11.1 Å². The van der Waals surface area contributed by atoms with Crippen LogP contribution < -0.4 is 10.6 Å². The molecule has 29 heavy (non-hydrogen) atoms. The van der Waals surface area contributed by atoms with Gasteiger partial charge in [-0.25, -0.2) is 4.68 Å². The summed E-state index contributed by atoms with van der Waals surface area (Å²) < 4.78 is 1.63. The Bertz CT molecular complexity index is 1090. The molecule has 2 amide bonds. The molecule has 2 heterocycles. The van der Waals surface area contributed by atoms with Crippen molar-refractivity contribution in [1.29, 1.82) is 0 Å². The minimum Gasteiger partial charge on any atom is -0.326 e. The molecule has 7 heteroatoms. The number of hydrogen-bond acceptors (Lipinski definition) is 3. The number of benzene rings is 2. The van der Waals surface area contributed by atoms with Gasteiger partial charge in [0.2, 0.25) is 5.91 Å². The second-order valence-electron chi connectivity index (χ2n) is 7.10. The third-order valence-corrected chi connectivity index (χ3v) is 5.22. The van der Waals surface area contributed by atoms with E-state index in [-0.39, 0.29) is 18.2 Å². The summed E-state index contributed by atoms with van der Waals surface area (Å²) in [5.74, 6) is 0.138. The van der Waals surface area contributed by atoms with Gasteiger partial charge in [0, 0.05) is 16.3 Å². The summed E-state index contributed by atoms with van der Waals surface area (Å²) in [4.78, 5) is 25.1. The van der Waals surface area contributed by atoms with E-state index in [9.17, 15) is 9.59 Å². The topological polar surface area (TPSA) is 76.0 Å². The zero-order valence-electron chi connectivity index (χ0n) is 16.2. The molecular weight excluding hydrogens is 388 g/mol. The fourth-order valence-electron chi connectivity index (χ4n) is 3.54. The SMILES string of the molecule is CCc1nn2c(c1-c1cccc(Cl)c1)NC(=O)C2CC(=O)Nc1ccc(C)cc1. The van der Waals surface area contributed by atoms with Gasteiger partial charge in [-0.05, 0) is 43.2 Å². The van der Waals surface area contributed by atoms with Gasteiger partial charge >= 0.3 is 0 Å². The maximum absolute atomic E-state index is 12.6. The van der Waals surface area contributed by atoms with Crippen LogP contribution in [0.5, 0.6) is 0 Å². The smallest absolute Gasteiger partial charge is 0.251 e. The van der Waals surface area contributed by atoms with Crippen LogP contribution in [-0.2, 0) is 16.0 Å². The summed E-state index contributed by atoms with van der Waals surface area (Å²) in [5, 5.41) is 11.0. The third kappa shape index (κ3) is 3.76. The molecule has 148 valence electrons. The number of aryl methyl sites for hydroxylation is 2. The van der Waals surface area contributed by atoms with Gasteiger partial charge in [0.1, 0.15) is 11.9 Å². The van der Waals surface area contributed by atoms with E-state index in [0.717, 1.165) is 22.4 Å². The van der Waals surface area contributed by atoms with E-state index in [4.69, 9.17) is 11.6 Å². The van der Waals surface area contributed by atoms with Gasteiger partial charge in [-0.15, -0.1) is 0 Å². The van der Waals surface area contributed by atoms with E-state index in [2.05, 4.69) is 15.7 Å². The molecule has 0 fully saturated rings. The van der Waals surface area contributed by atoms with Crippen molar-refractivity contribution in [1.82, 2.24) is 9.78 Å². The van der Waals surface area contributed by atoms with E-state index < -0.39 is 6.04 Å². The average Bonchev–Trinajstić information content (AvgIpc) is 3.19. The second kappa shape index (κ2) is 7.72. The molecule has 3 aromatic rings. The van der Waals surface area contributed by atoms with E-state index in [0.29, 0.717) is 22.9 Å². The van der Waals surface area contributed by atoms with Crippen LogP contribution in [0.3, 0.4) is 0 Å². The minimum atomic E-state index is -0.686. The zero-order valence-corrected chi connectivity index (χ0v) is 17.0. The Morgan fingerprint density at radius 3 is 2.69 bits per heavy atom. The van der Waals surface area contributed by atoms with Crippen molar-refractivity contribution in [3.05, 3.63) is 64.8 Å². The van der Waals surface area contributed by atoms with Crippen molar-refractivity contribution in [2.24, 2.45) is 0 Å². The van der Waals surface area contributed by atoms with Gasteiger partial charge in [0.15, 0.2) is 0 Å². The number of nitrogens with one attached hydrogen (secondary N) is 2. The van der Waals surface area contributed by atoms with E-state index in [1.807, 2.05) is 56.3 Å². The molecule has 1 atom stereocenters. The van der Waals surface area contributed by atoms with Crippen molar-refractivity contribution >= 4 is 34.9 Å². The Labute approximate surface area is 173 Å². The molecule has 0 aliphatic carbocycles. The Morgan fingerprint density at radius 2 is 2.00 bits per heavy atom. The summed E-state index contributed by atoms with van der Waals surface area (Å²) in [5.41, 5.74) is 4.41. The molecule has 2 N–H and O–H groups in total. The summed E-state index contributed by atoms with van der Waals surface area (Å²) in [6.45, 7) is 3.99. The highest BCUT2D eigenvalue weighted by molar-refractivity contribution is 6.30. The first-order chi connectivity index (χ1) is 14.0. The molecule has 0 radical (unpaired) electrons. The van der Waals surface area contributed by atoms with Gasteiger partial charge in [-0.2, -0.15) is 5.10 Å². The highest BCUT2D eigenvalue weighted by Crippen LogP contribution is 2.39. The molecule has 1 aliphatic heterocycles. The number of hydrogen-bond donors (Lipinski definition) is 2. The molecule has 0 bridgehead atoms. The first kappa shape index (κ1) is 19.2. The van der Waals surface area contributed by atoms with E-state index in [1.165, 1.54) is 0 Å². The maximum Gasteiger partial charge on any atom is 0.251 e. The van der Waals surface area contributed by atoms with Gasteiger partial charge in [0.25, 0.3) is 5.91 Å². The number of aromatic nitrogens is 2. The van der Waals surface area contributed by atoms with Gasteiger partial charge in [0.05, 0.1) is 12.1 Å². The molecular formula is C22H21ClN4O2. The highest BCUT2D eigenvalue weighted by atomic mass is 35.5. The van der Waals surface area contributed by atoms with Crippen molar-refractivity contribution in [2.75, 3.05) is 10.6 Å². The minimum absolute atomic E-state index is 0.00648. The molecule has 2 aromatic carbocycles. The first-order valence-electron chi connectivity index (χ1n) is 9.51. The Kier molecular flexibility index (Phi) is 5.11. The molecule has 4 rings (SSSR count). The lowest BCUT2D eigenvalue weighted by atomic mass is 10.0. The largest absolute Gasteiger partial charge is 0.326 e. The number of halogens is 1. The number of fused-ring (bicyclic) bond motifs is 1. The summed E-state index contributed by atoms with van der Waals surface area (Å²) in [6.07, 6.45) is 0.701. The van der Waals surface area contributed by atoms with Crippen molar-refractivity contribution in [3.63, 3.8) is 0 Å². The van der Waals surface area contributed by atoms with E-state index in [1.54, 1.807) is 10.7 Å². The predicted molar refractivity (Wildman–Crippen MR) is 114 cm³/mol. The molecule has 0 saturated carbocycles. The molecule has 1 aliphatic rings. The van der Waals surface area contributed by atoms with Gasteiger partial charge in [-0.1, -0.05) is 48.4 Å². The number of amides is 2. The zero-order chi connectivity index (χ0) is 20.5. The molecule has 1 aromatic heterocycles. The van der Waals surface area contributed by atoms with Crippen molar-refractivity contribution < 1.29 is 9.59 Å². The van der Waals surface area contributed by atoms with Crippen LogP contribution in [0.1, 0.15) is 30.6 Å². The average molecular weight is 409 g/mol. The normalized spacial score (nSPS) is 15.1. The lowest BCUT2D eigenvalue weighted by molar-refractivity contribution is -0.123. The Hall–Kier alpha value is -3.12. The number of nitrogens with zero attached hydrogens (tertiary/aromatic N) is 2. The predicted octanol–water partition coefficient (Wildman–Crippen LogP) is 4.60. The highest BCUT2D eigenvalue weighted by Gasteiger charge is 2.36. The number of rotatable bonds is 5. The van der Waals surface area contributed by atoms with Crippen LogP contribution in [-0.4, -0.2) is 21.6 Å². The molecule has 0 spiro atoms. The first-order valence-corrected chi connectivity index (χ1v) is 9.88. The molecule has 0 saturated heterocycles. The lowest BCUT2D eigenvalue weighted by Gasteiger charge is -2.10. The van der Waals surface area contributed by atoms with Crippen LogP contribution in [0.15, 0.2) is 48.5 Å². The van der Waals surface area contributed by atoms with Crippen LogP contribution in [0, 0.1) is 6.92 Å². The maximum atomic E-state index is 12.6. The standard InChI is InChI=1S/C22H21ClN4O2/c1-3-17-20(14-5-4-6-15(23)11-14)21-25-22(29)18(27(21)26-17)12-19(28)24-16-9-7-13(2)8-10-16/h4-11,18H,3,12H2,1-2H3,(H,24,28)(H,25,29).